The zero-order valence-electron chi connectivity index (χ0n) is 22.7. The molecule has 39 heavy (non-hydrogen) atoms. The Morgan fingerprint density at radius 3 is 2.51 bits per heavy atom. The fourth-order valence-corrected chi connectivity index (χ4v) is 6.03. The first-order chi connectivity index (χ1) is 19.1. The molecule has 206 valence electrons. The van der Waals surface area contributed by atoms with Crippen LogP contribution in [0, 0.1) is 5.92 Å². The monoisotopic (exact) mass is 547 g/mol. The lowest BCUT2D eigenvalue weighted by atomic mass is 9.86. The van der Waals surface area contributed by atoms with Crippen molar-refractivity contribution < 1.29 is 14.3 Å². The van der Waals surface area contributed by atoms with Gasteiger partial charge in [-0.15, -0.1) is 0 Å². The van der Waals surface area contributed by atoms with Crippen molar-refractivity contribution in [1.29, 1.82) is 0 Å². The molecule has 2 saturated heterocycles. The van der Waals surface area contributed by atoms with Gasteiger partial charge in [0.1, 0.15) is 5.75 Å². The van der Waals surface area contributed by atoms with Crippen molar-refractivity contribution in [2.24, 2.45) is 5.92 Å². The highest BCUT2D eigenvalue weighted by Crippen LogP contribution is 2.32. The summed E-state index contributed by atoms with van der Waals surface area (Å²) in [6.45, 7) is 6.44. The maximum atomic E-state index is 13.2. The number of carbonyl (C=O) groups excluding carboxylic acids is 1. The van der Waals surface area contributed by atoms with Crippen LogP contribution in [0.25, 0.3) is 11.1 Å². The van der Waals surface area contributed by atoms with Gasteiger partial charge in [0.15, 0.2) is 0 Å². The lowest BCUT2D eigenvalue weighted by Crippen LogP contribution is -2.53. The molecule has 0 aliphatic carbocycles. The molecule has 6 nitrogen and oxygen atoms in total. The van der Waals surface area contributed by atoms with Gasteiger partial charge in [0.05, 0.1) is 26.0 Å². The molecule has 0 unspecified atom stereocenters. The van der Waals surface area contributed by atoms with Gasteiger partial charge in [-0.05, 0) is 66.3 Å². The second-order valence-electron chi connectivity index (χ2n) is 10.5. The summed E-state index contributed by atoms with van der Waals surface area (Å²) in [5.41, 5.74) is 4.13. The number of benzene rings is 3. The third-order valence-corrected chi connectivity index (χ3v) is 8.19. The maximum Gasteiger partial charge on any atom is 0.224 e. The summed E-state index contributed by atoms with van der Waals surface area (Å²) in [6.07, 6.45) is 2.41. The second kappa shape index (κ2) is 13.4. The highest BCUT2D eigenvalue weighted by molar-refractivity contribution is 6.30. The average molecular weight is 548 g/mol. The minimum absolute atomic E-state index is 0.0223. The molecule has 3 aromatic carbocycles. The molecule has 2 aliphatic heterocycles. The summed E-state index contributed by atoms with van der Waals surface area (Å²) in [6, 6.07) is 24.7. The molecule has 0 radical (unpaired) electrons. The van der Waals surface area contributed by atoms with Gasteiger partial charge in [-0.1, -0.05) is 60.1 Å². The van der Waals surface area contributed by atoms with Gasteiger partial charge < -0.3 is 14.8 Å². The number of ether oxygens (including phenoxy) is 2. The van der Waals surface area contributed by atoms with Crippen molar-refractivity contribution >= 4 is 23.2 Å². The lowest BCUT2D eigenvalue weighted by Gasteiger charge is -2.45. The summed E-state index contributed by atoms with van der Waals surface area (Å²) in [5.74, 6) is 1.10. The molecule has 5 rings (SSSR count). The highest BCUT2D eigenvalue weighted by atomic mass is 35.5. The third-order valence-electron chi connectivity index (χ3n) is 7.93. The Bertz CT molecular complexity index is 1220. The van der Waals surface area contributed by atoms with Crippen LogP contribution in [0.3, 0.4) is 0 Å². The normalized spacial score (nSPS) is 20.5. The van der Waals surface area contributed by atoms with Crippen LogP contribution in [0.2, 0.25) is 5.02 Å². The summed E-state index contributed by atoms with van der Waals surface area (Å²) in [4.78, 5) is 18.3. The fourth-order valence-electron chi connectivity index (χ4n) is 5.91. The number of hydrogen-bond donors (Lipinski definition) is 1. The van der Waals surface area contributed by atoms with E-state index in [1.54, 1.807) is 7.11 Å². The molecule has 0 bridgehead atoms. The quantitative estimate of drug-likeness (QED) is 0.358. The summed E-state index contributed by atoms with van der Waals surface area (Å²) in [5, 5.41) is 3.90. The zero-order valence-corrected chi connectivity index (χ0v) is 23.4. The molecular weight excluding hydrogens is 510 g/mol. The summed E-state index contributed by atoms with van der Waals surface area (Å²) >= 11 is 6.10. The van der Waals surface area contributed by atoms with Gasteiger partial charge in [-0.3, -0.25) is 14.6 Å². The molecule has 2 fully saturated rings. The predicted molar refractivity (Wildman–Crippen MR) is 157 cm³/mol. The summed E-state index contributed by atoms with van der Waals surface area (Å²) < 4.78 is 11.2. The van der Waals surface area contributed by atoms with Gasteiger partial charge >= 0.3 is 0 Å². The standard InChI is InChI=1S/C32H38ClN3O3/c1-38-31-13-9-26(25-5-3-2-4-6-25)21-29(31)34-32(37)14-10-27-23-35(22-24-7-11-28(33)12-8-24)16-15-30(27)36-17-19-39-20-18-36/h2-9,11-13,21,27,30H,10,14-20,22-23H2,1H3,(H,34,37)/t27-,30+/m1/s1. The van der Waals surface area contributed by atoms with E-state index in [9.17, 15) is 4.79 Å². The maximum absolute atomic E-state index is 13.2. The van der Waals surface area contributed by atoms with Crippen LogP contribution < -0.4 is 10.1 Å². The number of carbonyl (C=O) groups is 1. The van der Waals surface area contributed by atoms with E-state index in [1.165, 1.54) is 5.56 Å². The summed E-state index contributed by atoms with van der Waals surface area (Å²) in [7, 11) is 1.64. The van der Waals surface area contributed by atoms with Crippen molar-refractivity contribution in [3.8, 4) is 16.9 Å². The molecule has 0 saturated carbocycles. The number of nitrogens with zero attached hydrogens (tertiary/aromatic N) is 2. The second-order valence-corrected chi connectivity index (χ2v) is 10.9. The Morgan fingerprint density at radius 2 is 1.77 bits per heavy atom. The topological polar surface area (TPSA) is 54.0 Å². The number of methoxy groups -OCH3 is 1. The first-order valence-corrected chi connectivity index (χ1v) is 14.3. The van der Waals surface area contributed by atoms with Crippen LogP contribution in [0.1, 0.15) is 24.8 Å². The van der Waals surface area contributed by atoms with E-state index >= 15 is 0 Å². The van der Waals surface area contributed by atoms with E-state index in [4.69, 9.17) is 21.1 Å². The van der Waals surface area contributed by atoms with Crippen molar-refractivity contribution in [3.05, 3.63) is 83.4 Å². The lowest BCUT2D eigenvalue weighted by molar-refractivity contribution is -0.116. The van der Waals surface area contributed by atoms with Crippen molar-refractivity contribution in [1.82, 2.24) is 9.80 Å². The van der Waals surface area contributed by atoms with Gasteiger partial charge in [0, 0.05) is 43.7 Å². The molecule has 0 aromatic heterocycles. The Kier molecular flexibility index (Phi) is 9.53. The Balaban J connectivity index is 1.25. The van der Waals surface area contributed by atoms with Crippen LogP contribution >= 0.6 is 11.6 Å². The zero-order chi connectivity index (χ0) is 27.0. The van der Waals surface area contributed by atoms with E-state index in [0.29, 0.717) is 29.8 Å². The smallest absolute Gasteiger partial charge is 0.224 e. The van der Waals surface area contributed by atoms with Gasteiger partial charge in [-0.2, -0.15) is 0 Å². The van der Waals surface area contributed by atoms with Crippen molar-refractivity contribution in [2.75, 3.05) is 51.8 Å². The fraction of sp³-hybridized carbons (Fsp3) is 0.406. The number of likely N-dealkylation sites (tertiary alicyclic amines) is 1. The first-order valence-electron chi connectivity index (χ1n) is 13.9. The van der Waals surface area contributed by atoms with Gasteiger partial charge in [0.2, 0.25) is 5.91 Å². The minimum Gasteiger partial charge on any atom is -0.495 e. The van der Waals surface area contributed by atoms with E-state index in [0.717, 1.165) is 74.9 Å². The van der Waals surface area contributed by atoms with Gasteiger partial charge in [-0.25, -0.2) is 0 Å². The number of amides is 1. The molecule has 7 heteroatoms. The van der Waals surface area contributed by atoms with Crippen LogP contribution in [0.5, 0.6) is 5.75 Å². The van der Waals surface area contributed by atoms with Crippen LogP contribution in [-0.4, -0.2) is 68.3 Å². The van der Waals surface area contributed by atoms with E-state index in [2.05, 4.69) is 39.4 Å². The average Bonchev–Trinajstić information content (AvgIpc) is 2.98. The number of piperidine rings is 1. The van der Waals surface area contributed by atoms with E-state index in [1.807, 2.05) is 48.5 Å². The third kappa shape index (κ3) is 7.40. The molecule has 3 aromatic rings. The molecular formula is C32H38ClN3O3. The van der Waals surface area contributed by atoms with Crippen LogP contribution in [0.4, 0.5) is 5.69 Å². The van der Waals surface area contributed by atoms with E-state index in [-0.39, 0.29) is 5.91 Å². The Morgan fingerprint density at radius 1 is 1.00 bits per heavy atom. The Hall–Kier alpha value is -2.90. The molecule has 2 heterocycles. The molecule has 2 aliphatic rings. The number of hydrogen-bond acceptors (Lipinski definition) is 5. The number of anilines is 1. The predicted octanol–water partition coefficient (Wildman–Crippen LogP) is 5.96. The van der Waals surface area contributed by atoms with Crippen molar-refractivity contribution in [3.63, 3.8) is 0 Å². The number of nitrogens with one attached hydrogen (secondary N) is 1. The highest BCUT2D eigenvalue weighted by Gasteiger charge is 2.34. The number of rotatable bonds is 9. The Labute approximate surface area is 236 Å². The number of morpholine rings is 1. The van der Waals surface area contributed by atoms with Crippen LogP contribution in [-0.2, 0) is 16.1 Å². The van der Waals surface area contributed by atoms with E-state index < -0.39 is 0 Å². The van der Waals surface area contributed by atoms with Crippen LogP contribution in [0.15, 0.2) is 72.8 Å². The largest absolute Gasteiger partial charge is 0.495 e. The SMILES string of the molecule is COc1ccc(-c2ccccc2)cc1NC(=O)CC[C@@H]1CN(Cc2ccc(Cl)cc2)CC[C@@H]1N1CCOCC1. The molecule has 0 spiro atoms. The first kappa shape index (κ1) is 27.7. The van der Waals surface area contributed by atoms with Crippen molar-refractivity contribution in [2.45, 2.75) is 31.8 Å². The molecule has 2 atom stereocenters. The molecule has 1 N–H and O–H groups in total. The molecule has 1 amide bonds. The van der Waals surface area contributed by atoms with Gasteiger partial charge in [0.25, 0.3) is 0 Å². The number of halogens is 1. The minimum atomic E-state index is 0.0223.